The molecule has 0 saturated carbocycles. The van der Waals surface area contributed by atoms with Gasteiger partial charge in [0.2, 0.25) is 5.91 Å². The molecule has 0 spiro atoms. The fourth-order valence-corrected chi connectivity index (χ4v) is 2.08. The van der Waals surface area contributed by atoms with E-state index >= 15 is 0 Å². The number of amides is 1. The summed E-state index contributed by atoms with van der Waals surface area (Å²) in [5.41, 5.74) is 6.73. The maximum atomic E-state index is 11.9. The largest absolute Gasteiger partial charge is 0.388 e. The molecule has 1 amide bonds. The second-order valence-electron chi connectivity index (χ2n) is 5.17. The van der Waals surface area contributed by atoms with Gasteiger partial charge in [0.15, 0.2) is 0 Å². The maximum Gasteiger partial charge on any atom is 0.224 e. The number of hydrogen-bond donors (Lipinski definition) is 3. The minimum atomic E-state index is -0.836. The van der Waals surface area contributed by atoms with E-state index in [1.165, 1.54) is 0 Å². The van der Waals surface area contributed by atoms with E-state index in [0.29, 0.717) is 19.4 Å². The van der Waals surface area contributed by atoms with Gasteiger partial charge in [0, 0.05) is 13.1 Å². The minimum absolute atomic E-state index is 0.0859. The molecule has 4 nitrogen and oxygen atoms in total. The summed E-state index contributed by atoms with van der Waals surface area (Å²) in [6.45, 7) is 4.46. The molecule has 1 aromatic carbocycles. The molecule has 1 rings (SSSR count). The first kappa shape index (κ1) is 15.7. The highest BCUT2D eigenvalue weighted by molar-refractivity contribution is 5.79. The van der Waals surface area contributed by atoms with E-state index in [1.54, 1.807) is 6.92 Å². The number of carbonyl (C=O) groups excluding carboxylic acids is 1. The van der Waals surface area contributed by atoms with Crippen LogP contribution in [0, 0.1) is 0 Å². The Kier molecular flexibility index (Phi) is 5.99. The summed E-state index contributed by atoms with van der Waals surface area (Å²) in [7, 11) is 0. The molecule has 106 valence electrons. The first-order valence-electron chi connectivity index (χ1n) is 6.74. The van der Waals surface area contributed by atoms with Crippen LogP contribution in [-0.2, 0) is 17.8 Å². The highest BCUT2D eigenvalue weighted by Crippen LogP contribution is 2.11. The fourth-order valence-electron chi connectivity index (χ4n) is 2.08. The van der Waals surface area contributed by atoms with Crippen LogP contribution in [0.4, 0.5) is 0 Å². The van der Waals surface area contributed by atoms with Crippen molar-refractivity contribution in [3.05, 3.63) is 35.4 Å². The number of aliphatic hydroxyl groups is 1. The van der Waals surface area contributed by atoms with Crippen molar-refractivity contribution in [3.8, 4) is 0 Å². The summed E-state index contributed by atoms with van der Waals surface area (Å²) in [6.07, 6.45) is 1.86. The van der Waals surface area contributed by atoms with Gasteiger partial charge in [-0.2, -0.15) is 0 Å². The van der Waals surface area contributed by atoms with E-state index in [2.05, 4.69) is 5.32 Å². The lowest BCUT2D eigenvalue weighted by Gasteiger charge is -2.23. The average Bonchev–Trinajstić information content (AvgIpc) is 2.37. The van der Waals surface area contributed by atoms with Crippen molar-refractivity contribution in [2.75, 3.05) is 6.54 Å². The highest BCUT2D eigenvalue weighted by atomic mass is 16.3. The molecule has 0 aromatic heterocycles. The van der Waals surface area contributed by atoms with Crippen LogP contribution in [0.15, 0.2) is 24.3 Å². The fraction of sp³-hybridized carbons (Fsp3) is 0.533. The molecule has 0 aliphatic rings. The predicted octanol–water partition coefficient (Wildman–Crippen LogP) is 1.36. The van der Waals surface area contributed by atoms with Crippen molar-refractivity contribution in [1.82, 2.24) is 5.32 Å². The van der Waals surface area contributed by atoms with E-state index in [1.807, 2.05) is 31.2 Å². The molecular formula is C15H24N2O2. The third-order valence-corrected chi connectivity index (χ3v) is 3.14. The molecule has 0 radical (unpaired) electrons. The Morgan fingerprint density at radius 3 is 2.58 bits per heavy atom. The molecule has 4 heteroatoms. The van der Waals surface area contributed by atoms with Crippen LogP contribution < -0.4 is 11.1 Å². The van der Waals surface area contributed by atoms with Crippen LogP contribution in [0.1, 0.15) is 37.8 Å². The van der Waals surface area contributed by atoms with E-state index in [0.717, 1.165) is 17.5 Å². The van der Waals surface area contributed by atoms with Gasteiger partial charge in [0.1, 0.15) is 0 Å². The SMILES string of the molecule is CCCC(C)(O)CNC(=O)Cc1ccccc1CN. The summed E-state index contributed by atoms with van der Waals surface area (Å²) >= 11 is 0. The number of carbonyl (C=O) groups is 1. The van der Waals surface area contributed by atoms with Crippen molar-refractivity contribution in [1.29, 1.82) is 0 Å². The van der Waals surface area contributed by atoms with Crippen LogP contribution >= 0.6 is 0 Å². The Morgan fingerprint density at radius 1 is 1.37 bits per heavy atom. The molecule has 19 heavy (non-hydrogen) atoms. The van der Waals surface area contributed by atoms with Crippen LogP contribution in [-0.4, -0.2) is 23.2 Å². The van der Waals surface area contributed by atoms with Crippen molar-refractivity contribution < 1.29 is 9.90 Å². The van der Waals surface area contributed by atoms with Gasteiger partial charge in [-0.25, -0.2) is 0 Å². The lowest BCUT2D eigenvalue weighted by atomic mass is 10.0. The van der Waals surface area contributed by atoms with Crippen LogP contribution in [0.2, 0.25) is 0 Å². The van der Waals surface area contributed by atoms with Crippen molar-refractivity contribution in [2.45, 2.75) is 45.3 Å². The molecule has 1 aromatic rings. The molecule has 0 fully saturated rings. The molecule has 0 heterocycles. The minimum Gasteiger partial charge on any atom is -0.388 e. The monoisotopic (exact) mass is 264 g/mol. The zero-order valence-corrected chi connectivity index (χ0v) is 11.8. The summed E-state index contributed by atoms with van der Waals surface area (Å²) in [6, 6.07) is 7.65. The molecule has 0 aliphatic heterocycles. The van der Waals surface area contributed by atoms with Crippen LogP contribution in [0.3, 0.4) is 0 Å². The number of nitrogens with one attached hydrogen (secondary N) is 1. The zero-order chi connectivity index (χ0) is 14.3. The Hall–Kier alpha value is -1.39. The third kappa shape index (κ3) is 5.41. The third-order valence-electron chi connectivity index (χ3n) is 3.14. The Balaban J connectivity index is 2.52. The Bertz CT molecular complexity index is 416. The normalized spacial score (nSPS) is 13.9. The van der Waals surface area contributed by atoms with E-state index in [4.69, 9.17) is 5.73 Å². The van der Waals surface area contributed by atoms with Gasteiger partial charge >= 0.3 is 0 Å². The van der Waals surface area contributed by atoms with E-state index in [-0.39, 0.29) is 12.5 Å². The number of nitrogens with two attached hydrogens (primary N) is 1. The predicted molar refractivity (Wildman–Crippen MR) is 76.6 cm³/mol. The van der Waals surface area contributed by atoms with Gasteiger partial charge in [-0.1, -0.05) is 37.6 Å². The van der Waals surface area contributed by atoms with Crippen LogP contribution in [0.5, 0.6) is 0 Å². The number of rotatable bonds is 7. The van der Waals surface area contributed by atoms with E-state index < -0.39 is 5.60 Å². The average molecular weight is 264 g/mol. The van der Waals surface area contributed by atoms with Gasteiger partial charge in [0.05, 0.1) is 12.0 Å². The summed E-state index contributed by atoms with van der Waals surface area (Å²) in [5, 5.41) is 12.8. The van der Waals surface area contributed by atoms with Crippen LogP contribution in [0.25, 0.3) is 0 Å². The molecule has 0 bridgehead atoms. The van der Waals surface area contributed by atoms with E-state index in [9.17, 15) is 9.90 Å². The standard InChI is InChI=1S/C15H24N2O2/c1-3-8-15(2,19)11-17-14(18)9-12-6-4-5-7-13(12)10-16/h4-7,19H,3,8-11,16H2,1-2H3,(H,17,18). The first-order chi connectivity index (χ1) is 8.98. The highest BCUT2D eigenvalue weighted by Gasteiger charge is 2.19. The molecule has 1 atom stereocenters. The summed E-state index contributed by atoms with van der Waals surface area (Å²) in [5.74, 6) is -0.0859. The topological polar surface area (TPSA) is 75.3 Å². The molecule has 4 N–H and O–H groups in total. The zero-order valence-electron chi connectivity index (χ0n) is 11.8. The summed E-state index contributed by atoms with van der Waals surface area (Å²) < 4.78 is 0. The van der Waals surface area contributed by atoms with Gasteiger partial charge in [-0.05, 0) is 24.5 Å². The number of hydrogen-bond acceptors (Lipinski definition) is 3. The molecule has 0 aliphatic carbocycles. The molecular weight excluding hydrogens is 240 g/mol. The quantitative estimate of drug-likeness (QED) is 0.696. The van der Waals surface area contributed by atoms with Crippen molar-refractivity contribution >= 4 is 5.91 Å². The van der Waals surface area contributed by atoms with Crippen molar-refractivity contribution in [3.63, 3.8) is 0 Å². The Morgan fingerprint density at radius 2 is 2.00 bits per heavy atom. The number of benzene rings is 1. The Labute approximate surface area is 115 Å². The molecule has 1 unspecified atom stereocenters. The second kappa shape index (κ2) is 7.26. The lowest BCUT2D eigenvalue weighted by molar-refractivity contribution is -0.121. The van der Waals surface area contributed by atoms with Crippen molar-refractivity contribution in [2.24, 2.45) is 5.73 Å². The smallest absolute Gasteiger partial charge is 0.224 e. The first-order valence-corrected chi connectivity index (χ1v) is 6.74. The van der Waals surface area contributed by atoms with Gasteiger partial charge in [-0.3, -0.25) is 4.79 Å². The summed E-state index contributed by atoms with van der Waals surface area (Å²) in [4.78, 5) is 11.9. The molecule has 0 saturated heterocycles. The maximum absolute atomic E-state index is 11.9. The lowest BCUT2D eigenvalue weighted by Crippen LogP contribution is -2.41. The second-order valence-corrected chi connectivity index (χ2v) is 5.17. The van der Waals surface area contributed by atoms with Gasteiger partial charge in [0.25, 0.3) is 0 Å². The van der Waals surface area contributed by atoms with Gasteiger partial charge < -0.3 is 16.2 Å². The van der Waals surface area contributed by atoms with Gasteiger partial charge in [-0.15, -0.1) is 0 Å².